The SMILES string of the molecule is CCOC(=O)CC(NC(=O)CBr)C(=O)OCC. The van der Waals surface area contributed by atoms with Gasteiger partial charge in [-0.15, -0.1) is 0 Å². The first-order valence-corrected chi connectivity index (χ1v) is 6.34. The molecule has 0 aromatic rings. The van der Waals surface area contributed by atoms with Gasteiger partial charge < -0.3 is 14.8 Å². The van der Waals surface area contributed by atoms with E-state index in [2.05, 4.69) is 21.2 Å². The number of halogens is 1. The summed E-state index contributed by atoms with van der Waals surface area (Å²) < 4.78 is 9.46. The normalized spacial score (nSPS) is 11.5. The van der Waals surface area contributed by atoms with E-state index in [1.54, 1.807) is 13.8 Å². The van der Waals surface area contributed by atoms with Crippen molar-refractivity contribution in [3.63, 3.8) is 0 Å². The summed E-state index contributed by atoms with van der Waals surface area (Å²) in [7, 11) is 0. The Balaban J connectivity index is 4.44. The molecule has 0 bridgehead atoms. The van der Waals surface area contributed by atoms with Gasteiger partial charge in [-0.1, -0.05) is 15.9 Å². The summed E-state index contributed by atoms with van der Waals surface area (Å²) in [5, 5.41) is 2.43. The van der Waals surface area contributed by atoms with Crippen molar-refractivity contribution in [3.8, 4) is 0 Å². The monoisotopic (exact) mass is 309 g/mol. The van der Waals surface area contributed by atoms with Crippen LogP contribution in [-0.2, 0) is 23.9 Å². The molecule has 1 unspecified atom stereocenters. The topological polar surface area (TPSA) is 81.7 Å². The molecule has 7 heteroatoms. The highest BCUT2D eigenvalue weighted by Gasteiger charge is 2.25. The Morgan fingerprint density at radius 1 is 1.18 bits per heavy atom. The lowest BCUT2D eigenvalue weighted by Gasteiger charge is -2.15. The molecule has 0 heterocycles. The van der Waals surface area contributed by atoms with Crippen molar-refractivity contribution in [3.05, 3.63) is 0 Å². The van der Waals surface area contributed by atoms with E-state index < -0.39 is 23.9 Å². The predicted octanol–water partition coefficient (Wildman–Crippen LogP) is 0.382. The van der Waals surface area contributed by atoms with Gasteiger partial charge in [-0.2, -0.15) is 0 Å². The van der Waals surface area contributed by atoms with Gasteiger partial charge in [-0.05, 0) is 13.8 Å². The number of rotatable bonds is 7. The number of carbonyl (C=O) groups is 3. The Hall–Kier alpha value is -1.11. The molecule has 0 aliphatic heterocycles. The minimum atomic E-state index is -1.00. The summed E-state index contributed by atoms with van der Waals surface area (Å²) in [5.41, 5.74) is 0. The summed E-state index contributed by atoms with van der Waals surface area (Å²) in [6.45, 7) is 3.71. The second kappa shape index (κ2) is 8.98. The van der Waals surface area contributed by atoms with Crippen molar-refractivity contribution < 1.29 is 23.9 Å². The summed E-state index contributed by atoms with van der Waals surface area (Å²) >= 11 is 2.95. The number of alkyl halides is 1. The van der Waals surface area contributed by atoms with Crippen LogP contribution in [0.5, 0.6) is 0 Å². The van der Waals surface area contributed by atoms with Crippen molar-refractivity contribution in [2.24, 2.45) is 0 Å². The van der Waals surface area contributed by atoms with E-state index >= 15 is 0 Å². The molecule has 0 rings (SSSR count). The third-order valence-corrected chi connectivity index (χ3v) is 2.21. The first-order chi connectivity index (χ1) is 8.04. The number of esters is 2. The second-order valence-electron chi connectivity index (χ2n) is 3.01. The Kier molecular flexibility index (Phi) is 8.39. The maximum Gasteiger partial charge on any atom is 0.329 e. The van der Waals surface area contributed by atoms with Gasteiger partial charge >= 0.3 is 11.9 Å². The molecule has 0 fully saturated rings. The standard InChI is InChI=1S/C10H16BrNO5/c1-3-16-9(14)5-7(10(15)17-4-2)12-8(13)6-11/h7H,3-6H2,1-2H3,(H,12,13). The van der Waals surface area contributed by atoms with Crippen molar-refractivity contribution in [2.45, 2.75) is 26.3 Å². The van der Waals surface area contributed by atoms with Crippen LogP contribution in [0.2, 0.25) is 0 Å². The molecule has 1 amide bonds. The van der Waals surface area contributed by atoms with Crippen LogP contribution in [-0.4, -0.2) is 42.4 Å². The number of nitrogens with one attached hydrogen (secondary N) is 1. The number of hydrogen-bond donors (Lipinski definition) is 1. The first kappa shape index (κ1) is 15.9. The van der Waals surface area contributed by atoms with Gasteiger partial charge in [0.25, 0.3) is 0 Å². The third kappa shape index (κ3) is 6.93. The second-order valence-corrected chi connectivity index (χ2v) is 3.58. The van der Waals surface area contributed by atoms with E-state index in [4.69, 9.17) is 9.47 Å². The van der Waals surface area contributed by atoms with Gasteiger partial charge in [-0.3, -0.25) is 9.59 Å². The zero-order chi connectivity index (χ0) is 13.3. The number of carbonyl (C=O) groups excluding carboxylic acids is 3. The number of ether oxygens (including phenoxy) is 2. The van der Waals surface area contributed by atoms with Crippen molar-refractivity contribution in [1.82, 2.24) is 5.32 Å². The van der Waals surface area contributed by atoms with Crippen LogP contribution < -0.4 is 5.32 Å². The molecule has 0 radical (unpaired) electrons. The number of hydrogen-bond acceptors (Lipinski definition) is 5. The summed E-state index contributed by atoms with van der Waals surface area (Å²) in [6, 6.07) is -1.00. The minimum Gasteiger partial charge on any atom is -0.466 e. The molecule has 0 aliphatic rings. The molecule has 0 saturated carbocycles. The molecule has 0 spiro atoms. The lowest BCUT2D eigenvalue weighted by Crippen LogP contribution is -2.44. The van der Waals surface area contributed by atoms with Gasteiger partial charge in [0.05, 0.1) is 25.0 Å². The molecule has 98 valence electrons. The van der Waals surface area contributed by atoms with E-state index in [1.807, 2.05) is 0 Å². The Morgan fingerprint density at radius 2 is 1.76 bits per heavy atom. The molecular weight excluding hydrogens is 294 g/mol. The molecular formula is C10H16BrNO5. The van der Waals surface area contributed by atoms with Gasteiger partial charge in [0.1, 0.15) is 6.04 Å². The largest absolute Gasteiger partial charge is 0.466 e. The van der Waals surface area contributed by atoms with Crippen molar-refractivity contribution in [2.75, 3.05) is 18.5 Å². The summed E-state index contributed by atoms with van der Waals surface area (Å²) in [6.07, 6.45) is -0.231. The smallest absolute Gasteiger partial charge is 0.329 e. The maximum atomic E-state index is 11.5. The molecule has 0 aliphatic carbocycles. The van der Waals surface area contributed by atoms with E-state index in [0.717, 1.165) is 0 Å². The van der Waals surface area contributed by atoms with E-state index in [1.165, 1.54) is 0 Å². The van der Waals surface area contributed by atoms with Crippen LogP contribution in [0, 0.1) is 0 Å². The summed E-state index contributed by atoms with van der Waals surface area (Å²) in [4.78, 5) is 33.9. The molecule has 17 heavy (non-hydrogen) atoms. The lowest BCUT2D eigenvalue weighted by atomic mass is 10.2. The van der Waals surface area contributed by atoms with E-state index in [-0.39, 0.29) is 25.0 Å². The van der Waals surface area contributed by atoms with Gasteiger partial charge in [0.2, 0.25) is 5.91 Å². The van der Waals surface area contributed by atoms with E-state index in [0.29, 0.717) is 0 Å². The molecule has 0 aromatic heterocycles. The number of amides is 1. The van der Waals surface area contributed by atoms with Gasteiger partial charge in [0.15, 0.2) is 0 Å². The highest BCUT2D eigenvalue weighted by atomic mass is 79.9. The van der Waals surface area contributed by atoms with Crippen LogP contribution in [0.25, 0.3) is 0 Å². The van der Waals surface area contributed by atoms with E-state index in [9.17, 15) is 14.4 Å². The van der Waals surface area contributed by atoms with Gasteiger partial charge in [0, 0.05) is 0 Å². The quantitative estimate of drug-likeness (QED) is 0.543. The predicted molar refractivity (Wildman–Crippen MR) is 63.6 cm³/mol. The average Bonchev–Trinajstić information content (AvgIpc) is 2.28. The van der Waals surface area contributed by atoms with Crippen LogP contribution in [0.3, 0.4) is 0 Å². The Labute approximate surface area is 108 Å². The Morgan fingerprint density at radius 3 is 2.24 bits per heavy atom. The maximum absolute atomic E-state index is 11.5. The zero-order valence-corrected chi connectivity index (χ0v) is 11.4. The van der Waals surface area contributed by atoms with Crippen LogP contribution in [0.4, 0.5) is 0 Å². The first-order valence-electron chi connectivity index (χ1n) is 5.22. The molecule has 1 N–H and O–H groups in total. The minimum absolute atomic E-state index is 0.0474. The average molecular weight is 310 g/mol. The molecule has 6 nitrogen and oxygen atoms in total. The molecule has 0 aromatic carbocycles. The highest BCUT2D eigenvalue weighted by Crippen LogP contribution is 1.99. The fourth-order valence-electron chi connectivity index (χ4n) is 1.06. The highest BCUT2D eigenvalue weighted by molar-refractivity contribution is 9.09. The molecule has 0 saturated heterocycles. The third-order valence-electron chi connectivity index (χ3n) is 1.70. The lowest BCUT2D eigenvalue weighted by molar-refractivity contribution is -0.153. The Bertz CT molecular complexity index is 282. The van der Waals surface area contributed by atoms with Crippen molar-refractivity contribution in [1.29, 1.82) is 0 Å². The van der Waals surface area contributed by atoms with Crippen molar-refractivity contribution >= 4 is 33.8 Å². The fourth-order valence-corrected chi connectivity index (χ4v) is 1.22. The van der Waals surface area contributed by atoms with Crippen LogP contribution in [0.1, 0.15) is 20.3 Å². The zero-order valence-electron chi connectivity index (χ0n) is 9.82. The fraction of sp³-hybridized carbons (Fsp3) is 0.700. The van der Waals surface area contributed by atoms with Gasteiger partial charge in [-0.25, -0.2) is 4.79 Å². The molecule has 1 atom stereocenters. The van der Waals surface area contributed by atoms with Crippen LogP contribution in [0.15, 0.2) is 0 Å². The summed E-state index contributed by atoms with van der Waals surface area (Å²) in [5.74, 6) is -1.59. The van der Waals surface area contributed by atoms with Crippen LogP contribution >= 0.6 is 15.9 Å².